The van der Waals surface area contributed by atoms with Gasteiger partial charge in [-0.05, 0) is 76.0 Å². The van der Waals surface area contributed by atoms with Gasteiger partial charge < -0.3 is 18.8 Å². The van der Waals surface area contributed by atoms with E-state index in [4.69, 9.17) is 13.9 Å². The molecule has 2 aliphatic rings. The summed E-state index contributed by atoms with van der Waals surface area (Å²) >= 11 is 0.601. The minimum atomic E-state index is -5.17. The van der Waals surface area contributed by atoms with Gasteiger partial charge in [0.2, 0.25) is 0 Å². The van der Waals surface area contributed by atoms with E-state index in [1.807, 2.05) is 11.0 Å². The van der Waals surface area contributed by atoms with Crippen molar-refractivity contribution in [3.05, 3.63) is 41.0 Å². The summed E-state index contributed by atoms with van der Waals surface area (Å²) in [5, 5.41) is 11.7. The minimum absolute atomic E-state index is 0.0296. The number of carbonyl (C=O) groups is 1. The first-order valence-corrected chi connectivity index (χ1v) is 22.7. The summed E-state index contributed by atoms with van der Waals surface area (Å²) in [5.74, 6) is -2.39. The lowest BCUT2D eigenvalue weighted by molar-refractivity contribution is -0.137. The number of alkyl halides is 4. The molecule has 0 aliphatic carbocycles. The van der Waals surface area contributed by atoms with Crippen molar-refractivity contribution >= 4 is 57.6 Å². The average molecular weight is 851 g/mol. The van der Waals surface area contributed by atoms with Crippen LogP contribution in [0.15, 0.2) is 18.2 Å². The molecule has 314 valence electrons. The van der Waals surface area contributed by atoms with Crippen LogP contribution in [0.2, 0.25) is 18.1 Å². The Labute approximate surface area is 338 Å². The highest BCUT2D eigenvalue weighted by molar-refractivity contribution is 7.23. The number of fused-ring (bicyclic) bond motifs is 3. The summed E-state index contributed by atoms with van der Waals surface area (Å²) in [6.45, 7) is 16.4. The van der Waals surface area contributed by atoms with E-state index in [1.165, 1.54) is 0 Å². The number of benzene rings is 2. The van der Waals surface area contributed by atoms with Gasteiger partial charge >= 0.3 is 18.3 Å². The highest BCUT2D eigenvalue weighted by Gasteiger charge is 2.49. The summed E-state index contributed by atoms with van der Waals surface area (Å²) in [5.41, 5.74) is -5.35. The van der Waals surface area contributed by atoms with E-state index in [1.54, 1.807) is 32.7 Å². The van der Waals surface area contributed by atoms with Crippen LogP contribution in [-0.2, 0) is 15.3 Å². The minimum Gasteiger partial charge on any atom is -0.461 e. The third kappa shape index (κ3) is 8.45. The van der Waals surface area contributed by atoms with Gasteiger partial charge in [0.25, 0.3) is 0 Å². The highest BCUT2D eigenvalue weighted by atomic mass is 32.1. The zero-order valence-electron chi connectivity index (χ0n) is 34.0. The third-order valence-electron chi connectivity index (χ3n) is 11.3. The molecule has 2 aliphatic heterocycles. The summed E-state index contributed by atoms with van der Waals surface area (Å²) in [6.07, 6.45) is -5.52. The van der Waals surface area contributed by atoms with Crippen molar-refractivity contribution in [3.63, 3.8) is 0 Å². The summed E-state index contributed by atoms with van der Waals surface area (Å²) in [4.78, 5) is 25.1. The van der Waals surface area contributed by atoms with E-state index in [2.05, 4.69) is 49.1 Å². The predicted octanol–water partition coefficient (Wildman–Crippen LogP) is 10.4. The molecule has 1 N–H and O–H groups in total. The summed E-state index contributed by atoms with van der Waals surface area (Å²) in [7, 11) is -0.639. The fraction of sp³-hybridized carbons (Fsp3) is 0.550. The van der Waals surface area contributed by atoms with Gasteiger partial charge in [0, 0.05) is 42.9 Å². The van der Waals surface area contributed by atoms with Gasteiger partial charge in [0.15, 0.2) is 14.1 Å². The number of ether oxygens (including phenoxy) is 2. The van der Waals surface area contributed by atoms with Gasteiger partial charge in [-0.3, -0.25) is 10.2 Å². The zero-order valence-corrected chi connectivity index (χ0v) is 35.8. The number of rotatable bonds is 10. The number of likely N-dealkylation sites (N-methyl/N-ethyl adjacent to an activating group) is 1. The second kappa shape index (κ2) is 15.4. The topological polar surface area (TPSA) is 113 Å². The molecule has 10 nitrogen and oxygen atoms in total. The first-order valence-electron chi connectivity index (χ1n) is 19.0. The SMILES string of the molecule is CN(CCO[Si](C)(C)C(C)(C)C)c1nc(OC[C@@]23CCCN2C[C@H](F)C3)nc2c(F)c(-c3ccc(F)c4sc(NC(=O)OC(C)(C)C)c(C#N)c34)c(C(F)(F)F)cc12. The number of nitriles is 1. The Balaban J connectivity index is 1.53. The lowest BCUT2D eigenvalue weighted by Gasteiger charge is -2.36. The molecule has 0 bridgehead atoms. The molecular formula is C40H48F6N6O4SSi. The molecule has 4 aromatic rings. The van der Waals surface area contributed by atoms with E-state index in [0.717, 1.165) is 24.6 Å². The van der Waals surface area contributed by atoms with Crippen LogP contribution in [0.1, 0.15) is 71.9 Å². The molecule has 6 rings (SSSR count). The largest absolute Gasteiger partial charge is 0.461 e. The lowest BCUT2D eigenvalue weighted by Crippen LogP contribution is -2.43. The number of amides is 1. The van der Waals surface area contributed by atoms with E-state index in [0.29, 0.717) is 24.3 Å². The van der Waals surface area contributed by atoms with Gasteiger partial charge in [0.05, 0.1) is 28.0 Å². The van der Waals surface area contributed by atoms with Crippen molar-refractivity contribution < 1.29 is 45.0 Å². The molecule has 58 heavy (non-hydrogen) atoms. The molecule has 2 saturated heterocycles. The second-order valence-electron chi connectivity index (χ2n) is 17.6. The number of thiophene rings is 1. The fourth-order valence-electron chi connectivity index (χ4n) is 7.41. The lowest BCUT2D eigenvalue weighted by atomic mass is 9.92. The monoisotopic (exact) mass is 850 g/mol. The van der Waals surface area contributed by atoms with Gasteiger partial charge in [-0.2, -0.15) is 28.4 Å². The number of nitrogens with zero attached hydrogens (tertiary/aromatic N) is 5. The fourth-order valence-corrected chi connectivity index (χ4v) is 9.51. The van der Waals surface area contributed by atoms with Crippen molar-refractivity contribution in [2.24, 2.45) is 0 Å². The maximum atomic E-state index is 17.4. The molecule has 2 aromatic heterocycles. The van der Waals surface area contributed by atoms with Crippen LogP contribution in [0.3, 0.4) is 0 Å². The Bertz CT molecular complexity index is 2290. The zero-order chi connectivity index (χ0) is 42.7. The summed E-state index contributed by atoms with van der Waals surface area (Å²) < 4.78 is 111. The number of hydrogen-bond acceptors (Lipinski definition) is 10. The molecule has 0 spiro atoms. The van der Waals surface area contributed by atoms with Crippen LogP contribution in [0.25, 0.3) is 32.1 Å². The molecular weight excluding hydrogens is 803 g/mol. The number of hydrogen-bond donors (Lipinski definition) is 1. The van der Waals surface area contributed by atoms with Gasteiger partial charge in [-0.1, -0.05) is 26.8 Å². The maximum absolute atomic E-state index is 17.4. The van der Waals surface area contributed by atoms with Crippen molar-refractivity contribution in [2.75, 3.05) is 50.1 Å². The quantitative estimate of drug-likeness (QED) is 0.123. The Morgan fingerprint density at radius 3 is 2.50 bits per heavy atom. The number of nitrogens with one attached hydrogen (secondary N) is 1. The Morgan fingerprint density at radius 2 is 1.86 bits per heavy atom. The van der Waals surface area contributed by atoms with Gasteiger partial charge in [0.1, 0.15) is 46.6 Å². The molecule has 0 saturated carbocycles. The predicted molar refractivity (Wildman–Crippen MR) is 215 cm³/mol. The van der Waals surface area contributed by atoms with E-state index in [-0.39, 0.29) is 75.6 Å². The van der Waals surface area contributed by atoms with Crippen LogP contribution in [-0.4, -0.2) is 86.5 Å². The molecule has 2 fully saturated rings. The van der Waals surface area contributed by atoms with E-state index < -0.39 is 71.7 Å². The highest BCUT2D eigenvalue weighted by Crippen LogP contribution is 2.49. The summed E-state index contributed by atoms with van der Waals surface area (Å²) in [6, 6.07) is 4.11. The molecule has 18 heteroatoms. The number of carbonyl (C=O) groups excluding carboxylic acids is 1. The van der Waals surface area contributed by atoms with Crippen molar-refractivity contribution in [1.82, 2.24) is 14.9 Å². The Morgan fingerprint density at radius 1 is 1.16 bits per heavy atom. The molecule has 1 amide bonds. The maximum Gasteiger partial charge on any atom is 0.417 e. The molecule has 4 heterocycles. The number of aromatic nitrogens is 2. The van der Waals surface area contributed by atoms with Crippen LogP contribution in [0, 0.1) is 23.0 Å². The van der Waals surface area contributed by atoms with Gasteiger partial charge in [-0.15, -0.1) is 11.3 Å². The van der Waals surface area contributed by atoms with Crippen LogP contribution in [0.4, 0.5) is 42.0 Å². The van der Waals surface area contributed by atoms with Crippen molar-refractivity contribution in [3.8, 4) is 23.2 Å². The second-order valence-corrected chi connectivity index (χ2v) is 23.4. The normalized spacial score (nSPS) is 19.1. The Kier molecular flexibility index (Phi) is 11.6. The van der Waals surface area contributed by atoms with Crippen molar-refractivity contribution in [2.45, 2.75) is 102 Å². The molecule has 2 atom stereocenters. The Hall–Kier alpha value is -4.18. The average Bonchev–Trinajstić information content (AvgIpc) is 3.75. The smallest absolute Gasteiger partial charge is 0.417 e. The third-order valence-corrected chi connectivity index (χ3v) is 16.9. The number of anilines is 2. The van der Waals surface area contributed by atoms with E-state index in [9.17, 15) is 14.4 Å². The molecule has 2 aromatic carbocycles. The van der Waals surface area contributed by atoms with E-state index >= 15 is 22.0 Å². The van der Waals surface area contributed by atoms with Crippen molar-refractivity contribution in [1.29, 1.82) is 5.26 Å². The number of halogens is 6. The standard InChI is InChI=1S/C40H48F6N6O4SSi/c1-37(2,3)56-36(53)50-34-25(19-47)28-23(11-12-27(42)32(28)57-34)29-26(40(44,45)46)17-24-31(30(29)43)48-35(54-21-39-13-10-14-52(39)20-22(41)18-39)49-33(24)51(7)15-16-55-58(8,9)38(4,5)6/h11-12,17,22H,10,13-16,18,20-21H2,1-9H3,(H,50,53)/t22-,39+/m1/s1. The van der Waals surface area contributed by atoms with Crippen LogP contribution in [0.5, 0.6) is 6.01 Å². The van der Waals surface area contributed by atoms with Crippen LogP contribution >= 0.6 is 11.3 Å². The molecule has 0 radical (unpaired) electrons. The first-order chi connectivity index (χ1) is 26.9. The molecule has 0 unspecified atom stereocenters. The van der Waals surface area contributed by atoms with Gasteiger partial charge in [-0.25, -0.2) is 18.0 Å². The first kappa shape index (κ1) is 43.4. The van der Waals surface area contributed by atoms with Crippen LogP contribution < -0.4 is 15.0 Å².